The molecule has 0 spiro atoms. The van der Waals surface area contributed by atoms with Crippen LogP contribution in [0.2, 0.25) is 0 Å². The van der Waals surface area contributed by atoms with Gasteiger partial charge in [0.2, 0.25) is 5.82 Å². The molecule has 0 aliphatic heterocycles. The van der Waals surface area contributed by atoms with Gasteiger partial charge < -0.3 is 10.3 Å². The third-order valence-electron chi connectivity index (χ3n) is 2.55. The zero-order valence-corrected chi connectivity index (χ0v) is 10.2. The molecule has 0 fully saturated rings. The molecule has 0 amide bonds. The minimum Gasteiger partial charge on any atom is -0.397 e. The van der Waals surface area contributed by atoms with Crippen LogP contribution in [0.3, 0.4) is 0 Å². The average molecular weight is 253 g/mol. The van der Waals surface area contributed by atoms with Crippen LogP contribution in [0.1, 0.15) is 5.69 Å². The van der Waals surface area contributed by atoms with Crippen molar-refractivity contribution in [3.63, 3.8) is 0 Å². The number of aryl methyl sites for hydroxylation is 1. The van der Waals surface area contributed by atoms with Crippen molar-refractivity contribution in [1.29, 1.82) is 0 Å². The van der Waals surface area contributed by atoms with E-state index in [1.54, 1.807) is 18.5 Å². The summed E-state index contributed by atoms with van der Waals surface area (Å²) in [6, 6.07) is 7.37. The van der Waals surface area contributed by atoms with Gasteiger partial charge in [-0.2, -0.15) is 4.98 Å². The predicted molar refractivity (Wildman–Crippen MR) is 69.9 cm³/mol. The second kappa shape index (κ2) is 4.49. The molecule has 6 heteroatoms. The zero-order valence-electron chi connectivity index (χ0n) is 10.2. The van der Waals surface area contributed by atoms with Crippen molar-refractivity contribution < 1.29 is 4.52 Å². The second-order valence-electron chi connectivity index (χ2n) is 4.09. The summed E-state index contributed by atoms with van der Waals surface area (Å²) < 4.78 is 5.20. The zero-order chi connectivity index (χ0) is 13.2. The Bertz CT molecular complexity index is 662. The van der Waals surface area contributed by atoms with Crippen LogP contribution >= 0.6 is 0 Å². The van der Waals surface area contributed by atoms with Gasteiger partial charge in [-0.15, -0.1) is 0 Å². The Labute approximate surface area is 109 Å². The van der Waals surface area contributed by atoms with Crippen molar-refractivity contribution in [2.75, 3.05) is 5.73 Å². The maximum Gasteiger partial charge on any atom is 0.259 e. The number of aromatic nitrogens is 4. The molecule has 19 heavy (non-hydrogen) atoms. The summed E-state index contributed by atoms with van der Waals surface area (Å²) in [6.45, 7) is 1.91. The smallest absolute Gasteiger partial charge is 0.259 e. The maximum absolute atomic E-state index is 5.67. The molecule has 0 saturated heterocycles. The van der Waals surface area contributed by atoms with E-state index in [4.69, 9.17) is 10.3 Å². The van der Waals surface area contributed by atoms with Crippen LogP contribution in [0.25, 0.3) is 23.0 Å². The molecule has 0 aliphatic rings. The Morgan fingerprint density at radius 3 is 2.84 bits per heavy atom. The standard InChI is InChI=1S/C13H11N5O/c1-8-3-2-4-11(16-8)12-17-13(19-18-12)9-5-10(14)7-15-6-9/h2-7H,14H2,1H3. The Morgan fingerprint density at radius 2 is 2.05 bits per heavy atom. The van der Waals surface area contributed by atoms with E-state index in [1.165, 1.54) is 0 Å². The quantitative estimate of drug-likeness (QED) is 0.751. The fourth-order valence-corrected chi connectivity index (χ4v) is 1.69. The lowest BCUT2D eigenvalue weighted by Crippen LogP contribution is -1.89. The van der Waals surface area contributed by atoms with Crippen molar-refractivity contribution in [3.05, 3.63) is 42.4 Å². The lowest BCUT2D eigenvalue weighted by atomic mass is 10.2. The van der Waals surface area contributed by atoms with Crippen LogP contribution in [0.5, 0.6) is 0 Å². The van der Waals surface area contributed by atoms with Crippen LogP contribution in [0, 0.1) is 6.92 Å². The largest absolute Gasteiger partial charge is 0.397 e. The van der Waals surface area contributed by atoms with E-state index in [0.29, 0.717) is 28.7 Å². The number of hydrogen-bond donors (Lipinski definition) is 1. The predicted octanol–water partition coefficient (Wildman–Crippen LogP) is 2.08. The summed E-state index contributed by atoms with van der Waals surface area (Å²) in [5.74, 6) is 0.819. The summed E-state index contributed by atoms with van der Waals surface area (Å²) in [4.78, 5) is 12.6. The number of nitrogen functional groups attached to an aromatic ring is 1. The number of rotatable bonds is 2. The third-order valence-corrected chi connectivity index (χ3v) is 2.55. The molecule has 3 rings (SSSR count). The van der Waals surface area contributed by atoms with Crippen molar-refractivity contribution in [1.82, 2.24) is 20.1 Å². The number of pyridine rings is 2. The van der Waals surface area contributed by atoms with Crippen LogP contribution < -0.4 is 5.73 Å². The highest BCUT2D eigenvalue weighted by atomic mass is 16.5. The molecule has 3 heterocycles. The highest BCUT2D eigenvalue weighted by Crippen LogP contribution is 2.21. The summed E-state index contributed by atoms with van der Waals surface area (Å²) in [7, 11) is 0. The highest BCUT2D eigenvalue weighted by molar-refractivity contribution is 5.60. The molecule has 0 atom stereocenters. The molecule has 6 nitrogen and oxygen atoms in total. The molecule has 0 bridgehead atoms. The first-order valence-corrected chi connectivity index (χ1v) is 5.71. The number of anilines is 1. The average Bonchev–Trinajstić information content (AvgIpc) is 2.88. The summed E-state index contributed by atoms with van der Waals surface area (Å²) in [6.07, 6.45) is 3.18. The lowest BCUT2D eigenvalue weighted by Gasteiger charge is -1.95. The van der Waals surface area contributed by atoms with E-state index in [-0.39, 0.29) is 0 Å². The molecular weight excluding hydrogens is 242 g/mol. The van der Waals surface area contributed by atoms with E-state index < -0.39 is 0 Å². The summed E-state index contributed by atoms with van der Waals surface area (Å²) in [5.41, 5.74) is 8.47. The van der Waals surface area contributed by atoms with E-state index in [1.807, 2.05) is 25.1 Å². The van der Waals surface area contributed by atoms with Gasteiger partial charge in [-0.3, -0.25) is 4.98 Å². The van der Waals surface area contributed by atoms with Gasteiger partial charge in [-0.05, 0) is 25.1 Å². The van der Waals surface area contributed by atoms with E-state index in [9.17, 15) is 0 Å². The monoisotopic (exact) mass is 253 g/mol. The van der Waals surface area contributed by atoms with E-state index >= 15 is 0 Å². The Hall–Kier alpha value is -2.76. The van der Waals surface area contributed by atoms with Crippen LogP contribution in [0.4, 0.5) is 5.69 Å². The molecule has 0 aromatic carbocycles. The Balaban J connectivity index is 2.00. The first-order chi connectivity index (χ1) is 9.22. The Morgan fingerprint density at radius 1 is 1.16 bits per heavy atom. The molecule has 0 aliphatic carbocycles. The van der Waals surface area contributed by atoms with Crippen LogP contribution in [-0.2, 0) is 0 Å². The molecule has 0 saturated carbocycles. The SMILES string of the molecule is Cc1cccc(-c2noc(-c3cncc(N)c3)n2)n1. The fraction of sp³-hybridized carbons (Fsp3) is 0.0769. The van der Waals surface area contributed by atoms with Gasteiger partial charge in [0.25, 0.3) is 5.89 Å². The van der Waals surface area contributed by atoms with Gasteiger partial charge in [-0.1, -0.05) is 11.2 Å². The topological polar surface area (TPSA) is 90.7 Å². The minimum atomic E-state index is 0.373. The molecule has 0 unspecified atom stereocenters. The van der Waals surface area contributed by atoms with Gasteiger partial charge in [0.05, 0.1) is 11.3 Å². The lowest BCUT2D eigenvalue weighted by molar-refractivity contribution is 0.432. The van der Waals surface area contributed by atoms with Gasteiger partial charge in [-0.25, -0.2) is 4.98 Å². The van der Waals surface area contributed by atoms with E-state index in [0.717, 1.165) is 5.69 Å². The first kappa shape index (κ1) is 11.3. The van der Waals surface area contributed by atoms with Crippen molar-refractivity contribution in [2.45, 2.75) is 6.92 Å². The van der Waals surface area contributed by atoms with Crippen LogP contribution in [0.15, 0.2) is 41.2 Å². The maximum atomic E-state index is 5.67. The molecule has 3 aromatic heterocycles. The third kappa shape index (κ3) is 2.28. The highest BCUT2D eigenvalue weighted by Gasteiger charge is 2.12. The molecule has 2 N–H and O–H groups in total. The number of hydrogen-bond acceptors (Lipinski definition) is 6. The fourth-order valence-electron chi connectivity index (χ4n) is 1.69. The van der Waals surface area contributed by atoms with E-state index in [2.05, 4.69) is 20.1 Å². The molecule has 3 aromatic rings. The second-order valence-corrected chi connectivity index (χ2v) is 4.09. The van der Waals surface area contributed by atoms with Gasteiger partial charge >= 0.3 is 0 Å². The Kier molecular flexibility index (Phi) is 2.68. The van der Waals surface area contributed by atoms with Gasteiger partial charge in [0, 0.05) is 18.1 Å². The normalized spacial score (nSPS) is 10.6. The summed E-state index contributed by atoms with van der Waals surface area (Å²) >= 11 is 0. The molecular formula is C13H11N5O. The molecule has 0 radical (unpaired) electrons. The molecule has 94 valence electrons. The first-order valence-electron chi connectivity index (χ1n) is 5.71. The number of nitrogens with two attached hydrogens (primary N) is 1. The van der Waals surface area contributed by atoms with Crippen molar-refractivity contribution in [2.24, 2.45) is 0 Å². The van der Waals surface area contributed by atoms with Gasteiger partial charge in [0.1, 0.15) is 5.69 Å². The van der Waals surface area contributed by atoms with Crippen LogP contribution in [-0.4, -0.2) is 20.1 Å². The summed E-state index contributed by atoms with van der Waals surface area (Å²) in [5, 5.41) is 3.92. The van der Waals surface area contributed by atoms with Gasteiger partial charge in [0.15, 0.2) is 0 Å². The minimum absolute atomic E-state index is 0.373. The number of nitrogens with zero attached hydrogens (tertiary/aromatic N) is 4. The van der Waals surface area contributed by atoms with Crippen molar-refractivity contribution in [3.8, 4) is 23.0 Å². The van der Waals surface area contributed by atoms with Crippen molar-refractivity contribution >= 4 is 5.69 Å².